The summed E-state index contributed by atoms with van der Waals surface area (Å²) >= 11 is 6.05. The number of carbonyl (C=O) groups is 1. The van der Waals surface area contributed by atoms with Crippen molar-refractivity contribution in [2.24, 2.45) is 0 Å². The van der Waals surface area contributed by atoms with Gasteiger partial charge in [-0.05, 0) is 42.9 Å². The second-order valence-corrected chi connectivity index (χ2v) is 7.55. The van der Waals surface area contributed by atoms with Crippen LogP contribution >= 0.6 is 11.6 Å². The van der Waals surface area contributed by atoms with Gasteiger partial charge < -0.3 is 14.8 Å². The molecule has 2 aromatic rings. The molecule has 0 heterocycles. The van der Waals surface area contributed by atoms with E-state index in [9.17, 15) is 13.2 Å². The quantitative estimate of drug-likeness (QED) is 0.745. The number of benzene rings is 2. The largest absolute Gasteiger partial charge is 0.497 e. The molecular weight excluding hydrogens is 380 g/mol. The highest BCUT2D eigenvalue weighted by Gasteiger charge is 2.17. The number of hydrogen-bond donors (Lipinski definition) is 2. The number of nitrogens with one attached hydrogen (secondary N) is 2. The third-order valence-electron chi connectivity index (χ3n) is 3.63. The molecule has 7 nitrogen and oxygen atoms in total. The Morgan fingerprint density at radius 1 is 1.08 bits per heavy atom. The van der Waals surface area contributed by atoms with Gasteiger partial charge in [0.25, 0.3) is 5.91 Å². The zero-order valence-corrected chi connectivity index (χ0v) is 16.1. The van der Waals surface area contributed by atoms with Crippen molar-refractivity contribution in [1.29, 1.82) is 0 Å². The van der Waals surface area contributed by atoms with Gasteiger partial charge in [0.2, 0.25) is 10.0 Å². The zero-order valence-electron chi connectivity index (χ0n) is 14.5. The number of rotatable bonds is 7. The second-order valence-electron chi connectivity index (χ2n) is 5.25. The van der Waals surface area contributed by atoms with E-state index in [1.165, 1.54) is 39.5 Å². The molecule has 0 aliphatic carbocycles. The molecule has 9 heteroatoms. The minimum absolute atomic E-state index is 0.0439. The van der Waals surface area contributed by atoms with Gasteiger partial charge in [-0.2, -0.15) is 0 Å². The van der Waals surface area contributed by atoms with E-state index in [0.29, 0.717) is 11.5 Å². The van der Waals surface area contributed by atoms with Crippen LogP contribution in [-0.2, 0) is 16.6 Å². The highest BCUT2D eigenvalue weighted by atomic mass is 35.5. The molecule has 0 unspecified atom stereocenters. The predicted octanol–water partition coefficient (Wildman–Crippen LogP) is 2.20. The molecule has 0 aliphatic heterocycles. The number of methoxy groups -OCH3 is 2. The fourth-order valence-electron chi connectivity index (χ4n) is 2.21. The summed E-state index contributed by atoms with van der Waals surface area (Å²) in [6.45, 7) is 0.186. The number of halogens is 1. The molecule has 2 rings (SSSR count). The Bertz CT molecular complexity index is 893. The van der Waals surface area contributed by atoms with Gasteiger partial charge in [-0.15, -0.1) is 0 Å². The third-order valence-corrected chi connectivity index (χ3v) is 5.37. The van der Waals surface area contributed by atoms with Crippen molar-refractivity contribution < 1.29 is 22.7 Å². The lowest BCUT2D eigenvalue weighted by atomic mass is 10.1. The van der Waals surface area contributed by atoms with Gasteiger partial charge >= 0.3 is 0 Å². The van der Waals surface area contributed by atoms with E-state index < -0.39 is 15.9 Å². The van der Waals surface area contributed by atoms with Crippen LogP contribution in [0.5, 0.6) is 11.5 Å². The van der Waals surface area contributed by atoms with Gasteiger partial charge in [0.05, 0.1) is 29.7 Å². The molecule has 0 saturated heterocycles. The lowest BCUT2D eigenvalue weighted by Gasteiger charge is -2.11. The van der Waals surface area contributed by atoms with E-state index in [-0.39, 0.29) is 22.0 Å². The molecule has 2 N–H and O–H groups in total. The fourth-order valence-corrected chi connectivity index (χ4v) is 3.17. The first-order chi connectivity index (χ1) is 12.3. The molecule has 0 aliphatic rings. The zero-order chi connectivity index (χ0) is 19.3. The van der Waals surface area contributed by atoms with Crippen LogP contribution in [0.25, 0.3) is 0 Å². The summed E-state index contributed by atoms with van der Waals surface area (Å²) in [7, 11) is 0.678. The average molecular weight is 399 g/mol. The summed E-state index contributed by atoms with van der Waals surface area (Å²) in [6.07, 6.45) is 0. The molecule has 0 bridgehead atoms. The molecule has 0 atom stereocenters. The molecule has 1 amide bonds. The van der Waals surface area contributed by atoms with E-state index in [2.05, 4.69) is 10.0 Å². The molecule has 0 saturated carbocycles. The number of carbonyl (C=O) groups excluding carboxylic acids is 1. The van der Waals surface area contributed by atoms with Gasteiger partial charge in [-0.1, -0.05) is 11.6 Å². The lowest BCUT2D eigenvalue weighted by molar-refractivity contribution is 0.0950. The Labute approximate surface area is 157 Å². The van der Waals surface area contributed by atoms with E-state index in [1.54, 1.807) is 18.2 Å². The summed E-state index contributed by atoms with van der Waals surface area (Å²) in [6, 6.07) is 9.16. The van der Waals surface area contributed by atoms with Crippen LogP contribution in [-0.4, -0.2) is 35.6 Å². The van der Waals surface area contributed by atoms with E-state index in [4.69, 9.17) is 21.1 Å². The number of hydrogen-bond acceptors (Lipinski definition) is 5. The van der Waals surface area contributed by atoms with E-state index in [1.807, 2.05) is 0 Å². The lowest BCUT2D eigenvalue weighted by Crippen LogP contribution is -2.24. The van der Waals surface area contributed by atoms with Crippen molar-refractivity contribution in [3.05, 3.63) is 52.5 Å². The number of sulfonamides is 1. The molecule has 0 radical (unpaired) electrons. The Morgan fingerprint density at radius 2 is 1.69 bits per heavy atom. The number of amides is 1. The average Bonchev–Trinajstić information content (AvgIpc) is 2.65. The van der Waals surface area contributed by atoms with Gasteiger partial charge in [-0.25, -0.2) is 13.1 Å². The van der Waals surface area contributed by atoms with Gasteiger partial charge in [0.1, 0.15) is 11.5 Å². The smallest absolute Gasteiger partial charge is 0.253 e. The Kier molecular flexibility index (Phi) is 6.47. The SMILES string of the molecule is CNS(=O)(=O)c1ccc(Cl)c(C(=O)NCc2cc(OC)cc(OC)c2)c1. The first-order valence-corrected chi connectivity index (χ1v) is 9.40. The van der Waals surface area contributed by atoms with Crippen molar-refractivity contribution >= 4 is 27.5 Å². The van der Waals surface area contributed by atoms with Crippen LogP contribution in [0.1, 0.15) is 15.9 Å². The topological polar surface area (TPSA) is 93.7 Å². The van der Waals surface area contributed by atoms with Gasteiger partial charge in [0, 0.05) is 12.6 Å². The summed E-state index contributed by atoms with van der Waals surface area (Å²) in [5.74, 6) is 0.687. The van der Waals surface area contributed by atoms with Gasteiger partial charge in [0.15, 0.2) is 0 Å². The monoisotopic (exact) mass is 398 g/mol. The maximum absolute atomic E-state index is 12.4. The first kappa shape index (κ1) is 20.0. The molecule has 0 aromatic heterocycles. The Hall–Kier alpha value is -2.29. The van der Waals surface area contributed by atoms with Gasteiger partial charge in [-0.3, -0.25) is 4.79 Å². The summed E-state index contributed by atoms with van der Waals surface area (Å²) in [4.78, 5) is 12.4. The predicted molar refractivity (Wildman–Crippen MR) is 98.4 cm³/mol. The second kappa shape index (κ2) is 8.39. The van der Waals surface area contributed by atoms with Crippen LogP contribution in [0, 0.1) is 0 Å². The van der Waals surface area contributed by atoms with Crippen molar-refractivity contribution in [2.45, 2.75) is 11.4 Å². The van der Waals surface area contributed by atoms with Crippen LogP contribution in [0.4, 0.5) is 0 Å². The molecule has 2 aromatic carbocycles. The number of ether oxygens (including phenoxy) is 2. The Morgan fingerprint density at radius 3 is 2.23 bits per heavy atom. The molecule has 140 valence electrons. The molecule has 0 fully saturated rings. The summed E-state index contributed by atoms with van der Waals surface area (Å²) in [5, 5.41) is 2.86. The van der Waals surface area contributed by atoms with Crippen molar-refractivity contribution in [3.63, 3.8) is 0 Å². The fraction of sp³-hybridized carbons (Fsp3) is 0.235. The highest BCUT2D eigenvalue weighted by molar-refractivity contribution is 7.89. The molecule has 0 spiro atoms. The standard InChI is InChI=1S/C17H19ClN2O5S/c1-19-26(22,23)14-4-5-16(18)15(9-14)17(21)20-10-11-6-12(24-2)8-13(7-11)25-3/h4-9,19H,10H2,1-3H3,(H,20,21). The van der Waals surface area contributed by atoms with Crippen molar-refractivity contribution in [3.8, 4) is 11.5 Å². The molecular formula is C17H19ClN2O5S. The minimum atomic E-state index is -3.68. The van der Waals surface area contributed by atoms with Crippen LogP contribution in [0.3, 0.4) is 0 Å². The maximum atomic E-state index is 12.4. The summed E-state index contributed by atoms with van der Waals surface area (Å²) in [5.41, 5.74) is 0.822. The van der Waals surface area contributed by atoms with Crippen molar-refractivity contribution in [2.75, 3.05) is 21.3 Å². The third kappa shape index (κ3) is 4.66. The normalized spacial score (nSPS) is 11.1. The molecule has 26 heavy (non-hydrogen) atoms. The van der Waals surface area contributed by atoms with Crippen LogP contribution in [0.2, 0.25) is 5.02 Å². The van der Waals surface area contributed by atoms with E-state index >= 15 is 0 Å². The highest BCUT2D eigenvalue weighted by Crippen LogP contribution is 2.23. The van der Waals surface area contributed by atoms with Crippen LogP contribution in [0.15, 0.2) is 41.3 Å². The minimum Gasteiger partial charge on any atom is -0.497 e. The first-order valence-electron chi connectivity index (χ1n) is 7.54. The van der Waals surface area contributed by atoms with Crippen LogP contribution < -0.4 is 19.5 Å². The van der Waals surface area contributed by atoms with Crippen molar-refractivity contribution in [1.82, 2.24) is 10.0 Å². The Balaban J connectivity index is 2.22. The summed E-state index contributed by atoms with van der Waals surface area (Å²) < 4.78 is 36.4. The maximum Gasteiger partial charge on any atom is 0.253 e. The van der Waals surface area contributed by atoms with E-state index in [0.717, 1.165) is 5.56 Å².